The Bertz CT molecular complexity index is 326. The van der Waals surface area contributed by atoms with Gasteiger partial charge in [0.15, 0.2) is 0 Å². The molecule has 0 bridgehead atoms. The molecule has 0 aliphatic heterocycles. The number of hydrogen-bond acceptors (Lipinski definition) is 2. The van der Waals surface area contributed by atoms with Gasteiger partial charge in [0.05, 0.1) is 10.6 Å². The maximum atomic E-state index is 6.47. The Labute approximate surface area is 101 Å². The van der Waals surface area contributed by atoms with Gasteiger partial charge in [-0.2, -0.15) is 0 Å². The van der Waals surface area contributed by atoms with Gasteiger partial charge in [0.2, 0.25) is 0 Å². The molecule has 1 fully saturated rings. The van der Waals surface area contributed by atoms with Gasteiger partial charge in [-0.15, -0.1) is 11.3 Å². The van der Waals surface area contributed by atoms with Crippen LogP contribution in [0.1, 0.15) is 43.9 Å². The Morgan fingerprint density at radius 2 is 2.20 bits per heavy atom. The largest absolute Gasteiger partial charge is 0.321 e. The van der Waals surface area contributed by atoms with Gasteiger partial charge in [-0.25, -0.2) is 0 Å². The number of thiophene rings is 1. The van der Waals surface area contributed by atoms with Crippen molar-refractivity contribution >= 4 is 22.9 Å². The minimum absolute atomic E-state index is 0.142. The molecule has 1 aliphatic carbocycles. The molecule has 0 spiro atoms. The van der Waals surface area contributed by atoms with E-state index in [2.05, 4.69) is 6.92 Å². The molecule has 0 unspecified atom stereocenters. The maximum absolute atomic E-state index is 6.47. The summed E-state index contributed by atoms with van der Waals surface area (Å²) in [5, 5.41) is 2.90. The highest BCUT2D eigenvalue weighted by molar-refractivity contribution is 7.10. The van der Waals surface area contributed by atoms with E-state index in [4.69, 9.17) is 17.3 Å². The maximum Gasteiger partial charge on any atom is 0.0564 e. The molecule has 15 heavy (non-hydrogen) atoms. The quantitative estimate of drug-likeness (QED) is 0.830. The average molecular weight is 244 g/mol. The Hall–Kier alpha value is -0.0500. The topological polar surface area (TPSA) is 26.0 Å². The lowest BCUT2D eigenvalue weighted by Gasteiger charge is -2.36. The number of halogens is 1. The van der Waals surface area contributed by atoms with Crippen molar-refractivity contribution in [3.63, 3.8) is 0 Å². The Balaban J connectivity index is 2.13. The molecule has 2 N–H and O–H groups in total. The molecule has 1 aromatic heterocycles. The fourth-order valence-electron chi connectivity index (χ4n) is 2.48. The second kappa shape index (κ2) is 4.44. The minimum atomic E-state index is -0.142. The molecule has 1 saturated carbocycles. The second-order valence-corrected chi connectivity index (χ2v) is 5.93. The van der Waals surface area contributed by atoms with Crippen LogP contribution < -0.4 is 5.73 Å². The average Bonchev–Trinajstić information content (AvgIpc) is 2.66. The van der Waals surface area contributed by atoms with E-state index in [0.29, 0.717) is 0 Å². The van der Waals surface area contributed by atoms with Crippen molar-refractivity contribution in [1.29, 1.82) is 0 Å². The molecule has 1 nitrogen and oxygen atoms in total. The molecule has 0 atom stereocenters. The molecule has 3 heteroatoms. The summed E-state index contributed by atoms with van der Waals surface area (Å²) in [6.45, 7) is 2.27. The predicted octanol–water partition coefficient (Wildman–Crippen LogP) is 4.16. The highest BCUT2D eigenvalue weighted by Crippen LogP contribution is 2.43. The molecular weight excluding hydrogens is 226 g/mol. The fraction of sp³-hybridized carbons (Fsp3) is 0.667. The van der Waals surface area contributed by atoms with Gasteiger partial charge in [0.25, 0.3) is 0 Å². The van der Waals surface area contributed by atoms with E-state index >= 15 is 0 Å². The van der Waals surface area contributed by atoms with Crippen LogP contribution in [0.4, 0.5) is 0 Å². The molecule has 1 heterocycles. The summed E-state index contributed by atoms with van der Waals surface area (Å²) in [5.74, 6) is 0.875. The lowest BCUT2D eigenvalue weighted by atomic mass is 9.75. The second-order valence-electron chi connectivity index (χ2n) is 4.61. The molecule has 0 amide bonds. The third kappa shape index (κ3) is 2.22. The highest BCUT2D eigenvalue weighted by Gasteiger charge is 2.34. The Kier molecular flexibility index (Phi) is 3.39. The Morgan fingerprint density at radius 1 is 1.53 bits per heavy atom. The number of hydrogen-bond donors (Lipinski definition) is 1. The first-order valence-electron chi connectivity index (χ1n) is 5.68. The van der Waals surface area contributed by atoms with Crippen LogP contribution in [-0.4, -0.2) is 0 Å². The summed E-state index contributed by atoms with van der Waals surface area (Å²) in [6.07, 6.45) is 5.97. The van der Waals surface area contributed by atoms with Crippen LogP contribution in [0.3, 0.4) is 0 Å². The summed E-state index contributed by atoms with van der Waals surface area (Å²) >= 11 is 7.87. The predicted molar refractivity (Wildman–Crippen MR) is 67.4 cm³/mol. The summed E-state index contributed by atoms with van der Waals surface area (Å²) in [5.41, 5.74) is 6.33. The van der Waals surface area contributed by atoms with E-state index in [-0.39, 0.29) is 5.54 Å². The van der Waals surface area contributed by atoms with Crippen molar-refractivity contribution in [1.82, 2.24) is 0 Å². The van der Waals surface area contributed by atoms with E-state index in [0.717, 1.165) is 23.8 Å². The van der Waals surface area contributed by atoms with E-state index in [1.54, 1.807) is 11.3 Å². The summed E-state index contributed by atoms with van der Waals surface area (Å²) in [4.78, 5) is 1.19. The van der Waals surface area contributed by atoms with Crippen molar-refractivity contribution in [3.05, 3.63) is 21.3 Å². The smallest absolute Gasteiger partial charge is 0.0564 e. The van der Waals surface area contributed by atoms with E-state index in [9.17, 15) is 0 Å². The summed E-state index contributed by atoms with van der Waals surface area (Å²) in [6, 6.07) is 1.96. The fourth-order valence-corrected chi connectivity index (χ4v) is 3.90. The van der Waals surface area contributed by atoms with Gasteiger partial charge in [-0.05, 0) is 43.0 Å². The van der Waals surface area contributed by atoms with Crippen LogP contribution in [0.5, 0.6) is 0 Å². The first-order chi connectivity index (χ1) is 7.15. The SMILES string of the molecule is CCC1CCC(N)(c2sccc2Cl)CC1. The van der Waals surface area contributed by atoms with Crippen molar-refractivity contribution in [2.24, 2.45) is 11.7 Å². The van der Waals surface area contributed by atoms with Gasteiger partial charge in [0.1, 0.15) is 0 Å². The van der Waals surface area contributed by atoms with Crippen LogP contribution in [-0.2, 0) is 5.54 Å². The van der Waals surface area contributed by atoms with Crippen LogP contribution in [0, 0.1) is 5.92 Å². The highest BCUT2D eigenvalue weighted by atomic mass is 35.5. The van der Waals surface area contributed by atoms with Gasteiger partial charge in [-0.3, -0.25) is 0 Å². The molecule has 1 aromatic rings. The molecule has 1 aliphatic rings. The van der Waals surface area contributed by atoms with E-state index in [1.165, 1.54) is 24.1 Å². The molecule has 2 rings (SSSR count). The van der Waals surface area contributed by atoms with Crippen LogP contribution in [0.2, 0.25) is 5.02 Å². The summed E-state index contributed by atoms with van der Waals surface area (Å²) in [7, 11) is 0. The van der Waals surface area contributed by atoms with Crippen LogP contribution in [0.25, 0.3) is 0 Å². The lowest BCUT2D eigenvalue weighted by molar-refractivity contribution is 0.235. The van der Waals surface area contributed by atoms with E-state index < -0.39 is 0 Å². The summed E-state index contributed by atoms with van der Waals surface area (Å²) < 4.78 is 0. The first-order valence-corrected chi connectivity index (χ1v) is 6.94. The third-order valence-corrected chi connectivity index (χ3v) is 5.21. The van der Waals surface area contributed by atoms with Gasteiger partial charge in [0, 0.05) is 4.88 Å². The normalized spacial score (nSPS) is 31.8. The van der Waals surface area contributed by atoms with Crippen molar-refractivity contribution in [3.8, 4) is 0 Å². The van der Waals surface area contributed by atoms with Crippen molar-refractivity contribution in [2.45, 2.75) is 44.6 Å². The molecule has 0 radical (unpaired) electrons. The van der Waals surface area contributed by atoms with Gasteiger partial charge in [-0.1, -0.05) is 24.9 Å². The lowest BCUT2D eigenvalue weighted by Crippen LogP contribution is -2.39. The first kappa shape index (κ1) is 11.4. The van der Waals surface area contributed by atoms with Crippen molar-refractivity contribution in [2.75, 3.05) is 0 Å². The molecular formula is C12H18ClNS. The van der Waals surface area contributed by atoms with Gasteiger partial charge < -0.3 is 5.73 Å². The zero-order chi connectivity index (χ0) is 10.9. The monoisotopic (exact) mass is 243 g/mol. The zero-order valence-electron chi connectivity index (χ0n) is 9.13. The van der Waals surface area contributed by atoms with Gasteiger partial charge >= 0.3 is 0 Å². The standard InChI is InChI=1S/C12H18ClNS/c1-2-9-3-6-12(14,7-4-9)11-10(13)5-8-15-11/h5,8-9H,2-4,6-7,14H2,1H3. The van der Waals surface area contributed by atoms with E-state index in [1.807, 2.05) is 11.4 Å². The number of nitrogens with two attached hydrogens (primary N) is 1. The Morgan fingerprint density at radius 3 is 2.67 bits per heavy atom. The minimum Gasteiger partial charge on any atom is -0.321 e. The molecule has 0 saturated heterocycles. The molecule has 0 aromatic carbocycles. The molecule has 84 valence electrons. The third-order valence-electron chi connectivity index (χ3n) is 3.64. The zero-order valence-corrected chi connectivity index (χ0v) is 10.7. The van der Waals surface area contributed by atoms with Crippen LogP contribution in [0.15, 0.2) is 11.4 Å². The van der Waals surface area contributed by atoms with Crippen molar-refractivity contribution < 1.29 is 0 Å². The van der Waals surface area contributed by atoms with Crippen LogP contribution >= 0.6 is 22.9 Å². The number of rotatable bonds is 2.